The van der Waals surface area contributed by atoms with E-state index in [0.717, 1.165) is 12.8 Å². The van der Waals surface area contributed by atoms with E-state index in [-0.39, 0.29) is 12.8 Å². The van der Waals surface area contributed by atoms with Crippen LogP contribution in [0, 0.1) is 11.8 Å². The van der Waals surface area contributed by atoms with Gasteiger partial charge < -0.3 is 0 Å². The number of amides is 1. The molecule has 0 spiro atoms. The molecule has 0 aromatic rings. The predicted molar refractivity (Wildman–Crippen MR) is 70.8 cm³/mol. The Morgan fingerprint density at radius 3 is 2.05 bits per heavy atom. The Kier molecular flexibility index (Phi) is 4.85. The summed E-state index contributed by atoms with van der Waals surface area (Å²) in [5.41, 5.74) is 0. The Bertz CT molecular complexity index is 483. The molecule has 2 rings (SSSR count). The lowest BCUT2D eigenvalue weighted by Gasteiger charge is -2.32. The molecule has 8 heteroatoms. The van der Waals surface area contributed by atoms with Crippen molar-refractivity contribution in [3.8, 4) is 0 Å². The van der Waals surface area contributed by atoms with E-state index in [1.807, 2.05) is 4.72 Å². The summed E-state index contributed by atoms with van der Waals surface area (Å²) in [6.45, 7) is 0. The van der Waals surface area contributed by atoms with Gasteiger partial charge in [0.15, 0.2) is 0 Å². The van der Waals surface area contributed by atoms with Gasteiger partial charge in [0.25, 0.3) is 0 Å². The minimum absolute atomic E-state index is 0.0934. The maximum absolute atomic E-state index is 13.0. The third-order valence-electron chi connectivity index (χ3n) is 4.51. The molecule has 4 nitrogen and oxygen atoms in total. The highest BCUT2D eigenvalue weighted by Gasteiger charge is 2.48. The SMILES string of the molecule is O=C(NS(=O)(=O)C1CCCC1)C1CCCCC1C(F)(F)F. The minimum Gasteiger partial charge on any atom is -0.274 e. The van der Waals surface area contributed by atoms with Gasteiger partial charge in [0.05, 0.1) is 17.1 Å². The molecule has 21 heavy (non-hydrogen) atoms. The van der Waals surface area contributed by atoms with Crippen molar-refractivity contribution in [3.05, 3.63) is 0 Å². The number of alkyl halides is 3. The molecule has 0 aliphatic heterocycles. The van der Waals surface area contributed by atoms with Crippen molar-refractivity contribution >= 4 is 15.9 Å². The molecular formula is C13H20F3NO3S. The van der Waals surface area contributed by atoms with Crippen LogP contribution in [0.2, 0.25) is 0 Å². The van der Waals surface area contributed by atoms with Crippen molar-refractivity contribution in [2.24, 2.45) is 11.8 Å². The van der Waals surface area contributed by atoms with Gasteiger partial charge in [0.1, 0.15) is 0 Å². The topological polar surface area (TPSA) is 63.2 Å². The Hall–Kier alpha value is -0.790. The predicted octanol–water partition coefficient (Wildman–Crippen LogP) is 2.74. The highest BCUT2D eigenvalue weighted by Crippen LogP contribution is 2.41. The molecule has 1 amide bonds. The highest BCUT2D eigenvalue weighted by molar-refractivity contribution is 7.90. The van der Waals surface area contributed by atoms with Crippen LogP contribution in [0.15, 0.2) is 0 Å². The molecule has 0 heterocycles. The quantitative estimate of drug-likeness (QED) is 0.867. The van der Waals surface area contributed by atoms with Gasteiger partial charge in [-0.25, -0.2) is 8.42 Å². The summed E-state index contributed by atoms with van der Waals surface area (Å²) >= 11 is 0. The maximum atomic E-state index is 13.0. The second kappa shape index (κ2) is 6.14. The lowest BCUT2D eigenvalue weighted by atomic mass is 9.78. The monoisotopic (exact) mass is 327 g/mol. The van der Waals surface area contributed by atoms with Gasteiger partial charge in [-0.3, -0.25) is 9.52 Å². The van der Waals surface area contributed by atoms with E-state index in [9.17, 15) is 26.4 Å². The van der Waals surface area contributed by atoms with Crippen molar-refractivity contribution in [3.63, 3.8) is 0 Å². The van der Waals surface area contributed by atoms with Crippen molar-refractivity contribution in [1.82, 2.24) is 4.72 Å². The molecule has 0 aromatic heterocycles. The van der Waals surface area contributed by atoms with Crippen LogP contribution in [0.1, 0.15) is 51.4 Å². The fraction of sp³-hybridized carbons (Fsp3) is 0.923. The van der Waals surface area contributed by atoms with Crippen LogP contribution in [0.25, 0.3) is 0 Å². The highest BCUT2D eigenvalue weighted by atomic mass is 32.2. The van der Waals surface area contributed by atoms with Crippen LogP contribution < -0.4 is 4.72 Å². The summed E-state index contributed by atoms with van der Waals surface area (Å²) in [6, 6.07) is 0. The van der Waals surface area contributed by atoms with E-state index < -0.39 is 39.2 Å². The fourth-order valence-electron chi connectivity index (χ4n) is 3.33. The molecular weight excluding hydrogens is 307 g/mol. The molecule has 2 fully saturated rings. The van der Waals surface area contributed by atoms with Gasteiger partial charge in [0.2, 0.25) is 15.9 Å². The standard InChI is InChI=1S/C13H20F3NO3S/c14-13(15,16)11-8-4-3-7-10(11)12(18)17-21(19,20)9-5-1-2-6-9/h9-11H,1-8H2,(H,17,18). The summed E-state index contributed by atoms with van der Waals surface area (Å²) < 4.78 is 64.8. The largest absolute Gasteiger partial charge is 0.392 e. The van der Waals surface area contributed by atoms with E-state index in [0.29, 0.717) is 25.7 Å². The number of hydrogen-bond donors (Lipinski definition) is 1. The van der Waals surface area contributed by atoms with Crippen LogP contribution in [0.3, 0.4) is 0 Å². The van der Waals surface area contributed by atoms with E-state index >= 15 is 0 Å². The van der Waals surface area contributed by atoms with Gasteiger partial charge in [-0.2, -0.15) is 13.2 Å². The normalized spacial score (nSPS) is 28.5. The summed E-state index contributed by atoms with van der Waals surface area (Å²) in [7, 11) is -3.84. The summed E-state index contributed by atoms with van der Waals surface area (Å²) in [6.07, 6.45) is -1.05. The Balaban J connectivity index is 2.07. The molecule has 2 saturated carbocycles. The first-order valence-corrected chi connectivity index (χ1v) is 8.88. The van der Waals surface area contributed by atoms with Crippen molar-refractivity contribution in [1.29, 1.82) is 0 Å². The molecule has 0 bridgehead atoms. The van der Waals surface area contributed by atoms with Crippen LogP contribution in [-0.2, 0) is 14.8 Å². The molecule has 2 unspecified atom stereocenters. The maximum Gasteiger partial charge on any atom is 0.392 e. The minimum atomic E-state index is -4.46. The average Bonchev–Trinajstić information content (AvgIpc) is 2.92. The number of hydrogen-bond acceptors (Lipinski definition) is 3. The molecule has 2 aliphatic carbocycles. The van der Waals surface area contributed by atoms with Crippen molar-refractivity contribution in [2.75, 3.05) is 0 Å². The molecule has 122 valence electrons. The Labute approximate surface area is 122 Å². The van der Waals surface area contributed by atoms with E-state index in [1.165, 1.54) is 0 Å². The van der Waals surface area contributed by atoms with Gasteiger partial charge >= 0.3 is 6.18 Å². The van der Waals surface area contributed by atoms with Gasteiger partial charge in [0, 0.05) is 0 Å². The van der Waals surface area contributed by atoms with E-state index in [2.05, 4.69) is 0 Å². The van der Waals surface area contributed by atoms with Crippen LogP contribution in [0.5, 0.6) is 0 Å². The van der Waals surface area contributed by atoms with Gasteiger partial charge in [-0.05, 0) is 25.7 Å². The zero-order valence-corrected chi connectivity index (χ0v) is 12.5. The van der Waals surface area contributed by atoms with E-state index in [1.54, 1.807) is 0 Å². The van der Waals surface area contributed by atoms with Crippen molar-refractivity contribution in [2.45, 2.75) is 62.8 Å². The fourth-order valence-corrected chi connectivity index (χ4v) is 4.89. The lowest BCUT2D eigenvalue weighted by molar-refractivity contribution is -0.197. The zero-order chi connectivity index (χ0) is 15.7. The second-order valence-electron chi connectivity index (χ2n) is 5.96. The Morgan fingerprint density at radius 1 is 0.952 bits per heavy atom. The van der Waals surface area contributed by atoms with E-state index in [4.69, 9.17) is 0 Å². The number of sulfonamides is 1. The first-order chi connectivity index (χ1) is 9.72. The lowest BCUT2D eigenvalue weighted by Crippen LogP contribution is -2.46. The van der Waals surface area contributed by atoms with Gasteiger partial charge in [-0.1, -0.05) is 25.7 Å². The first-order valence-electron chi connectivity index (χ1n) is 7.34. The summed E-state index contributed by atoms with van der Waals surface area (Å²) in [5, 5.41) is -0.644. The van der Waals surface area contributed by atoms with Crippen LogP contribution in [0.4, 0.5) is 13.2 Å². The number of rotatable bonds is 3. The number of carbonyl (C=O) groups excluding carboxylic acids is 1. The molecule has 0 aromatic carbocycles. The van der Waals surface area contributed by atoms with Crippen LogP contribution in [-0.4, -0.2) is 25.8 Å². The summed E-state index contributed by atoms with van der Waals surface area (Å²) in [5.74, 6) is -4.00. The smallest absolute Gasteiger partial charge is 0.274 e. The first kappa shape index (κ1) is 16.6. The third kappa shape index (κ3) is 3.90. The zero-order valence-electron chi connectivity index (χ0n) is 11.7. The number of halogens is 3. The summed E-state index contributed by atoms with van der Waals surface area (Å²) in [4.78, 5) is 12.0. The number of nitrogens with one attached hydrogen (secondary N) is 1. The molecule has 2 atom stereocenters. The second-order valence-corrected chi connectivity index (χ2v) is 7.92. The van der Waals surface area contributed by atoms with Gasteiger partial charge in [-0.15, -0.1) is 0 Å². The third-order valence-corrected chi connectivity index (χ3v) is 6.34. The molecule has 2 aliphatic rings. The Morgan fingerprint density at radius 2 is 1.48 bits per heavy atom. The molecule has 0 saturated heterocycles. The molecule has 0 radical (unpaired) electrons. The van der Waals surface area contributed by atoms with Crippen LogP contribution >= 0.6 is 0 Å². The van der Waals surface area contributed by atoms with Crippen molar-refractivity contribution < 1.29 is 26.4 Å². The average molecular weight is 327 g/mol. The molecule has 1 N–H and O–H groups in total. The number of carbonyl (C=O) groups is 1.